The molecule has 1 unspecified atom stereocenters. The smallest absolute Gasteiger partial charge is 0.253 e. The molecule has 0 radical (unpaired) electrons. The number of thioether (sulfide) groups is 1. The molecule has 1 aromatic rings. The quantitative estimate of drug-likeness (QED) is 0.716. The van der Waals surface area contributed by atoms with Gasteiger partial charge in [-0.15, -0.1) is 0 Å². The van der Waals surface area contributed by atoms with Crippen LogP contribution in [0.15, 0.2) is 12.1 Å². The number of carbonyl (C=O) groups excluding carboxylic acids is 1. The normalized spacial score (nSPS) is 13.9. The van der Waals surface area contributed by atoms with Gasteiger partial charge in [0.25, 0.3) is 5.91 Å². The number of hydrogen-bond donors (Lipinski definition) is 3. The lowest BCUT2D eigenvalue weighted by Crippen LogP contribution is -2.42. The summed E-state index contributed by atoms with van der Waals surface area (Å²) >= 11 is 1.43. The molecule has 7 heteroatoms. The first-order valence-electron chi connectivity index (χ1n) is 5.51. The molecule has 1 atom stereocenters. The monoisotopic (exact) mass is 290 g/mol. The number of nitrogens with one attached hydrogen (secondary N) is 1. The number of anilines is 1. The summed E-state index contributed by atoms with van der Waals surface area (Å²) in [5.41, 5.74) is 4.07. The van der Waals surface area contributed by atoms with E-state index in [0.29, 0.717) is 5.75 Å². The number of amides is 1. The van der Waals surface area contributed by atoms with Crippen molar-refractivity contribution < 1.29 is 18.7 Å². The summed E-state index contributed by atoms with van der Waals surface area (Å²) < 4.78 is 25.9. The highest BCUT2D eigenvalue weighted by Crippen LogP contribution is 2.17. The van der Waals surface area contributed by atoms with Crippen molar-refractivity contribution in [3.8, 4) is 0 Å². The Hall–Kier alpha value is -1.34. The van der Waals surface area contributed by atoms with Crippen LogP contribution in [0.1, 0.15) is 17.3 Å². The molecule has 0 saturated carbocycles. The van der Waals surface area contributed by atoms with Crippen LogP contribution in [0.2, 0.25) is 0 Å². The summed E-state index contributed by atoms with van der Waals surface area (Å²) in [5.74, 6) is -2.47. The molecule has 4 nitrogen and oxygen atoms in total. The molecule has 0 aliphatic rings. The predicted molar refractivity (Wildman–Crippen MR) is 72.1 cm³/mol. The zero-order valence-corrected chi connectivity index (χ0v) is 11.5. The van der Waals surface area contributed by atoms with Crippen molar-refractivity contribution >= 4 is 23.4 Å². The van der Waals surface area contributed by atoms with Crippen LogP contribution in [-0.2, 0) is 0 Å². The molecule has 1 rings (SSSR count). The zero-order valence-electron chi connectivity index (χ0n) is 10.7. The van der Waals surface area contributed by atoms with E-state index in [2.05, 4.69) is 5.32 Å². The Morgan fingerprint density at radius 3 is 2.63 bits per heavy atom. The Labute approximate surface area is 114 Å². The van der Waals surface area contributed by atoms with E-state index in [1.165, 1.54) is 11.8 Å². The maximum absolute atomic E-state index is 13.1. The van der Waals surface area contributed by atoms with E-state index in [1.54, 1.807) is 6.92 Å². The van der Waals surface area contributed by atoms with Gasteiger partial charge in [-0.25, -0.2) is 8.78 Å². The van der Waals surface area contributed by atoms with Gasteiger partial charge in [0.05, 0.1) is 11.2 Å². The van der Waals surface area contributed by atoms with Gasteiger partial charge < -0.3 is 16.2 Å². The minimum Gasteiger partial charge on any atom is -0.398 e. The molecule has 0 bridgehead atoms. The second kappa shape index (κ2) is 6.21. The van der Waals surface area contributed by atoms with E-state index in [4.69, 9.17) is 5.73 Å². The molecule has 0 heterocycles. The summed E-state index contributed by atoms with van der Waals surface area (Å²) in [6.07, 6.45) is 1.82. The largest absolute Gasteiger partial charge is 0.398 e. The van der Waals surface area contributed by atoms with E-state index < -0.39 is 23.1 Å². The lowest BCUT2D eigenvalue weighted by molar-refractivity contribution is 0.0725. The first-order valence-corrected chi connectivity index (χ1v) is 6.90. The molecule has 0 saturated heterocycles. The average Bonchev–Trinajstić information content (AvgIpc) is 2.31. The van der Waals surface area contributed by atoms with Gasteiger partial charge in [0.15, 0.2) is 11.6 Å². The number of halogens is 2. The van der Waals surface area contributed by atoms with Crippen LogP contribution < -0.4 is 11.1 Å². The Morgan fingerprint density at radius 1 is 1.47 bits per heavy atom. The fraction of sp³-hybridized carbons (Fsp3) is 0.417. The number of nitrogen functional groups attached to an aromatic ring is 1. The van der Waals surface area contributed by atoms with Gasteiger partial charge in [0, 0.05) is 24.1 Å². The van der Waals surface area contributed by atoms with Crippen LogP contribution in [-0.4, -0.2) is 35.2 Å². The second-order valence-electron chi connectivity index (χ2n) is 4.47. The van der Waals surface area contributed by atoms with Crippen LogP contribution in [0.3, 0.4) is 0 Å². The molecule has 0 fully saturated rings. The SMILES string of the molecule is CSCC(C)(O)CNC(=O)c1cc(F)c(F)cc1N. The molecule has 0 aromatic heterocycles. The predicted octanol–water partition coefficient (Wildman–Crippen LogP) is 1.39. The summed E-state index contributed by atoms with van der Waals surface area (Å²) in [5, 5.41) is 12.3. The number of nitrogens with two attached hydrogens (primary N) is 1. The van der Waals surface area contributed by atoms with E-state index in [0.717, 1.165) is 12.1 Å². The number of rotatable bonds is 5. The van der Waals surface area contributed by atoms with Gasteiger partial charge in [-0.05, 0) is 19.2 Å². The number of benzene rings is 1. The van der Waals surface area contributed by atoms with E-state index in [9.17, 15) is 18.7 Å². The third kappa shape index (κ3) is 4.36. The van der Waals surface area contributed by atoms with Crippen molar-refractivity contribution in [2.24, 2.45) is 0 Å². The summed E-state index contributed by atoms with van der Waals surface area (Å²) in [7, 11) is 0. The molecule has 19 heavy (non-hydrogen) atoms. The van der Waals surface area contributed by atoms with Gasteiger partial charge in [-0.3, -0.25) is 4.79 Å². The molecular formula is C12H16F2N2O2S. The average molecular weight is 290 g/mol. The third-order valence-electron chi connectivity index (χ3n) is 2.42. The van der Waals surface area contributed by atoms with Crippen molar-refractivity contribution in [1.82, 2.24) is 5.32 Å². The summed E-state index contributed by atoms with van der Waals surface area (Å²) in [4.78, 5) is 11.8. The Balaban J connectivity index is 2.77. The molecule has 1 aromatic carbocycles. The number of hydrogen-bond acceptors (Lipinski definition) is 4. The highest BCUT2D eigenvalue weighted by Gasteiger charge is 2.22. The number of carbonyl (C=O) groups is 1. The molecule has 106 valence electrons. The van der Waals surface area contributed by atoms with Crippen molar-refractivity contribution in [2.45, 2.75) is 12.5 Å². The molecular weight excluding hydrogens is 274 g/mol. The summed E-state index contributed by atoms with van der Waals surface area (Å²) in [6, 6.07) is 1.49. The van der Waals surface area contributed by atoms with Crippen LogP contribution in [0, 0.1) is 11.6 Å². The van der Waals surface area contributed by atoms with Gasteiger partial charge in [-0.2, -0.15) is 11.8 Å². The lowest BCUT2D eigenvalue weighted by atomic mass is 10.1. The Bertz CT molecular complexity index is 481. The second-order valence-corrected chi connectivity index (χ2v) is 5.33. The number of aliphatic hydroxyl groups is 1. The molecule has 0 aliphatic carbocycles. The maximum atomic E-state index is 13.1. The highest BCUT2D eigenvalue weighted by atomic mass is 32.2. The molecule has 1 amide bonds. The summed E-state index contributed by atoms with van der Waals surface area (Å²) in [6.45, 7) is 1.56. The highest BCUT2D eigenvalue weighted by molar-refractivity contribution is 7.98. The lowest BCUT2D eigenvalue weighted by Gasteiger charge is -2.22. The van der Waals surface area contributed by atoms with Crippen LogP contribution in [0.25, 0.3) is 0 Å². The first-order chi connectivity index (χ1) is 8.76. The third-order valence-corrected chi connectivity index (χ3v) is 3.33. The van der Waals surface area contributed by atoms with E-state index >= 15 is 0 Å². The minimum atomic E-state index is -1.14. The zero-order chi connectivity index (χ0) is 14.6. The maximum Gasteiger partial charge on any atom is 0.253 e. The topological polar surface area (TPSA) is 75.3 Å². The standard InChI is InChI=1S/C12H16F2N2O2S/c1-12(18,6-19-2)5-16-11(17)7-3-8(13)9(14)4-10(7)15/h3-4,18H,5-6,15H2,1-2H3,(H,16,17). The van der Waals surface area contributed by atoms with Crippen molar-refractivity contribution in [3.05, 3.63) is 29.3 Å². The van der Waals surface area contributed by atoms with Crippen molar-refractivity contribution in [3.63, 3.8) is 0 Å². The van der Waals surface area contributed by atoms with Gasteiger partial charge >= 0.3 is 0 Å². The van der Waals surface area contributed by atoms with Crippen LogP contribution >= 0.6 is 11.8 Å². The molecule has 4 N–H and O–H groups in total. The minimum absolute atomic E-state index is 0.00882. The van der Waals surface area contributed by atoms with Gasteiger partial charge in [-0.1, -0.05) is 0 Å². The Morgan fingerprint density at radius 2 is 2.05 bits per heavy atom. The van der Waals surface area contributed by atoms with Gasteiger partial charge in [0.2, 0.25) is 0 Å². The fourth-order valence-electron chi connectivity index (χ4n) is 1.49. The fourth-order valence-corrected chi connectivity index (χ4v) is 2.21. The van der Waals surface area contributed by atoms with Gasteiger partial charge in [0.1, 0.15) is 0 Å². The first kappa shape index (κ1) is 15.7. The van der Waals surface area contributed by atoms with E-state index in [-0.39, 0.29) is 17.8 Å². The molecule has 0 aliphatic heterocycles. The van der Waals surface area contributed by atoms with E-state index in [1.807, 2.05) is 6.26 Å². The molecule has 0 spiro atoms. The van der Waals surface area contributed by atoms with Crippen molar-refractivity contribution in [1.29, 1.82) is 0 Å². The van der Waals surface area contributed by atoms with Crippen LogP contribution in [0.4, 0.5) is 14.5 Å². The van der Waals surface area contributed by atoms with Crippen LogP contribution in [0.5, 0.6) is 0 Å². The Kier molecular flexibility index (Phi) is 5.13. The van der Waals surface area contributed by atoms with Crippen molar-refractivity contribution in [2.75, 3.05) is 24.3 Å².